The van der Waals surface area contributed by atoms with Gasteiger partial charge in [0.2, 0.25) is 0 Å². The smallest absolute Gasteiger partial charge is 0.165 e. The second-order valence-corrected chi connectivity index (χ2v) is 3.94. The molecule has 0 saturated carbocycles. The van der Waals surface area contributed by atoms with Crippen molar-refractivity contribution in [3.63, 3.8) is 0 Å². The van der Waals surface area contributed by atoms with E-state index in [0.29, 0.717) is 11.3 Å². The zero-order valence-electron chi connectivity index (χ0n) is 10.2. The number of methoxy groups -OCH3 is 1. The molecule has 5 heteroatoms. The summed E-state index contributed by atoms with van der Waals surface area (Å²) in [4.78, 5) is 0. The Kier molecular flexibility index (Phi) is 3.64. The fourth-order valence-electron chi connectivity index (χ4n) is 1.81. The Morgan fingerprint density at radius 3 is 2.61 bits per heavy atom. The van der Waals surface area contributed by atoms with Gasteiger partial charge in [-0.3, -0.25) is 5.84 Å². The second kappa shape index (κ2) is 5.20. The third-order valence-corrected chi connectivity index (χ3v) is 2.72. The number of nitrogens with one attached hydrogen (secondary N) is 1. The van der Waals surface area contributed by atoms with Crippen LogP contribution in [-0.4, -0.2) is 7.11 Å². The van der Waals surface area contributed by atoms with Crippen LogP contribution >= 0.6 is 0 Å². The van der Waals surface area contributed by atoms with Crippen LogP contribution in [0.3, 0.4) is 0 Å². The van der Waals surface area contributed by atoms with Gasteiger partial charge in [0.1, 0.15) is 17.6 Å². The summed E-state index contributed by atoms with van der Waals surface area (Å²) in [6, 6.07) is 7.93. The van der Waals surface area contributed by atoms with E-state index >= 15 is 0 Å². The number of benzene rings is 1. The summed E-state index contributed by atoms with van der Waals surface area (Å²) in [5.74, 6) is 6.69. The molecule has 1 aromatic carbocycles. The summed E-state index contributed by atoms with van der Waals surface area (Å²) in [6.45, 7) is 1.84. The van der Waals surface area contributed by atoms with Gasteiger partial charge in [-0.25, -0.2) is 9.82 Å². The minimum absolute atomic E-state index is 0.199. The van der Waals surface area contributed by atoms with E-state index in [4.69, 9.17) is 15.0 Å². The van der Waals surface area contributed by atoms with E-state index < -0.39 is 5.82 Å². The molecule has 1 atom stereocenters. The highest BCUT2D eigenvalue weighted by Gasteiger charge is 2.17. The van der Waals surface area contributed by atoms with Gasteiger partial charge in [0, 0.05) is 0 Å². The minimum atomic E-state index is -0.432. The van der Waals surface area contributed by atoms with E-state index in [9.17, 15) is 4.39 Å². The molecule has 3 N–H and O–H groups in total. The Hall–Kier alpha value is -1.85. The molecule has 0 aliphatic rings. The molecule has 2 aromatic rings. The molecular weight excluding hydrogens is 235 g/mol. The van der Waals surface area contributed by atoms with Crippen molar-refractivity contribution in [3.05, 3.63) is 53.2 Å². The SMILES string of the molecule is COc1ccc(C(NN)c2ccc(C)o2)cc1F. The zero-order chi connectivity index (χ0) is 13.1. The van der Waals surface area contributed by atoms with Crippen molar-refractivity contribution in [1.82, 2.24) is 5.43 Å². The van der Waals surface area contributed by atoms with Crippen molar-refractivity contribution < 1.29 is 13.5 Å². The highest BCUT2D eigenvalue weighted by Crippen LogP contribution is 2.26. The van der Waals surface area contributed by atoms with Crippen LogP contribution in [0.25, 0.3) is 0 Å². The zero-order valence-corrected chi connectivity index (χ0v) is 10.2. The maximum atomic E-state index is 13.6. The summed E-state index contributed by atoms with van der Waals surface area (Å²) >= 11 is 0. The molecule has 96 valence electrons. The first kappa shape index (κ1) is 12.6. The standard InChI is InChI=1S/C13H15FN2O2/c1-8-3-5-12(18-8)13(16-15)9-4-6-11(17-2)10(14)7-9/h3-7,13,16H,15H2,1-2H3. The minimum Gasteiger partial charge on any atom is -0.494 e. The highest BCUT2D eigenvalue weighted by atomic mass is 19.1. The Labute approximate surface area is 105 Å². The average Bonchev–Trinajstić information content (AvgIpc) is 2.77. The van der Waals surface area contributed by atoms with Crippen LogP contribution in [0.1, 0.15) is 23.1 Å². The molecule has 0 aliphatic heterocycles. The highest BCUT2D eigenvalue weighted by molar-refractivity contribution is 5.34. The third kappa shape index (κ3) is 2.37. The molecule has 0 spiro atoms. The Bertz CT molecular complexity index is 540. The predicted octanol–water partition coefficient (Wildman–Crippen LogP) is 2.29. The number of furan rings is 1. The summed E-state index contributed by atoms with van der Waals surface area (Å²) in [7, 11) is 1.42. The van der Waals surface area contributed by atoms with Crippen LogP contribution in [-0.2, 0) is 0 Å². The van der Waals surface area contributed by atoms with E-state index in [-0.39, 0.29) is 11.8 Å². The first-order valence-corrected chi connectivity index (χ1v) is 5.51. The molecular formula is C13H15FN2O2. The first-order valence-electron chi connectivity index (χ1n) is 5.51. The van der Waals surface area contributed by atoms with E-state index in [1.165, 1.54) is 13.2 Å². The molecule has 0 radical (unpaired) electrons. The van der Waals surface area contributed by atoms with Crippen LogP contribution in [0.2, 0.25) is 0 Å². The predicted molar refractivity (Wildman–Crippen MR) is 65.6 cm³/mol. The largest absolute Gasteiger partial charge is 0.494 e. The Balaban J connectivity index is 2.36. The summed E-state index contributed by atoms with van der Waals surface area (Å²) < 4.78 is 24.0. The molecule has 0 fully saturated rings. The lowest BCUT2D eigenvalue weighted by Crippen LogP contribution is -2.28. The van der Waals surface area contributed by atoms with Crippen molar-refractivity contribution in [3.8, 4) is 5.75 Å². The van der Waals surface area contributed by atoms with Crippen LogP contribution in [0.4, 0.5) is 4.39 Å². The molecule has 1 heterocycles. The molecule has 0 saturated heterocycles. The lowest BCUT2D eigenvalue weighted by atomic mass is 10.0. The van der Waals surface area contributed by atoms with E-state index in [0.717, 1.165) is 5.76 Å². The number of hydrogen-bond acceptors (Lipinski definition) is 4. The second-order valence-electron chi connectivity index (χ2n) is 3.94. The molecule has 0 amide bonds. The van der Waals surface area contributed by atoms with Gasteiger partial charge >= 0.3 is 0 Å². The number of nitrogens with two attached hydrogens (primary N) is 1. The van der Waals surface area contributed by atoms with E-state index in [1.54, 1.807) is 12.1 Å². The molecule has 2 rings (SSSR count). The van der Waals surface area contributed by atoms with Gasteiger partial charge in [-0.1, -0.05) is 6.07 Å². The summed E-state index contributed by atoms with van der Waals surface area (Å²) in [5.41, 5.74) is 3.28. The monoisotopic (exact) mass is 250 g/mol. The van der Waals surface area contributed by atoms with Gasteiger partial charge in [0.25, 0.3) is 0 Å². The van der Waals surface area contributed by atoms with Crippen molar-refractivity contribution in [2.75, 3.05) is 7.11 Å². The maximum absolute atomic E-state index is 13.6. The molecule has 4 nitrogen and oxygen atoms in total. The van der Waals surface area contributed by atoms with Crippen LogP contribution in [0, 0.1) is 12.7 Å². The fraction of sp³-hybridized carbons (Fsp3) is 0.231. The lowest BCUT2D eigenvalue weighted by Gasteiger charge is -2.14. The van der Waals surface area contributed by atoms with Gasteiger partial charge < -0.3 is 9.15 Å². The molecule has 1 unspecified atom stereocenters. The average molecular weight is 250 g/mol. The molecule has 0 aliphatic carbocycles. The van der Waals surface area contributed by atoms with Gasteiger partial charge in [-0.05, 0) is 36.8 Å². The number of hydrogen-bond donors (Lipinski definition) is 2. The number of rotatable bonds is 4. The number of aryl methyl sites for hydroxylation is 1. The molecule has 0 bridgehead atoms. The first-order chi connectivity index (χ1) is 8.65. The quantitative estimate of drug-likeness (QED) is 0.645. The van der Waals surface area contributed by atoms with Gasteiger partial charge in [0.15, 0.2) is 11.6 Å². The normalized spacial score (nSPS) is 12.4. The molecule has 1 aromatic heterocycles. The van der Waals surface area contributed by atoms with Crippen molar-refractivity contribution in [1.29, 1.82) is 0 Å². The van der Waals surface area contributed by atoms with E-state index in [2.05, 4.69) is 5.43 Å². The van der Waals surface area contributed by atoms with Crippen molar-refractivity contribution in [2.45, 2.75) is 13.0 Å². The number of halogens is 1. The van der Waals surface area contributed by atoms with Crippen LogP contribution in [0.15, 0.2) is 34.7 Å². The van der Waals surface area contributed by atoms with E-state index in [1.807, 2.05) is 19.1 Å². The topological polar surface area (TPSA) is 60.4 Å². The number of ether oxygens (including phenoxy) is 1. The number of hydrazine groups is 1. The van der Waals surface area contributed by atoms with Gasteiger partial charge in [-0.2, -0.15) is 0 Å². The Morgan fingerprint density at radius 1 is 1.33 bits per heavy atom. The van der Waals surface area contributed by atoms with Crippen LogP contribution < -0.4 is 16.0 Å². The summed E-state index contributed by atoms with van der Waals surface area (Å²) in [6.07, 6.45) is 0. The molecule has 18 heavy (non-hydrogen) atoms. The summed E-state index contributed by atoms with van der Waals surface area (Å²) in [5, 5.41) is 0. The van der Waals surface area contributed by atoms with Crippen molar-refractivity contribution in [2.24, 2.45) is 5.84 Å². The Morgan fingerprint density at radius 2 is 2.11 bits per heavy atom. The van der Waals surface area contributed by atoms with Crippen molar-refractivity contribution >= 4 is 0 Å². The van der Waals surface area contributed by atoms with Gasteiger partial charge in [0.05, 0.1) is 7.11 Å². The lowest BCUT2D eigenvalue weighted by molar-refractivity contribution is 0.384. The fourth-order valence-corrected chi connectivity index (χ4v) is 1.81. The van der Waals surface area contributed by atoms with Crippen LogP contribution in [0.5, 0.6) is 5.75 Å². The third-order valence-electron chi connectivity index (χ3n) is 2.72. The maximum Gasteiger partial charge on any atom is 0.165 e. The van der Waals surface area contributed by atoms with Gasteiger partial charge in [-0.15, -0.1) is 0 Å².